The average Bonchev–Trinajstić information content (AvgIpc) is 2.82. The molecule has 0 radical (unpaired) electrons. The maximum absolute atomic E-state index is 11.7. The second-order valence-electron chi connectivity index (χ2n) is 4.58. The third kappa shape index (κ3) is 1.60. The van der Waals surface area contributed by atoms with Gasteiger partial charge in [-0.3, -0.25) is 0 Å². The van der Waals surface area contributed by atoms with Crippen LogP contribution in [0.2, 0.25) is 0 Å². The highest BCUT2D eigenvalue weighted by molar-refractivity contribution is 6.11. The third-order valence-electron chi connectivity index (χ3n) is 3.46. The van der Waals surface area contributed by atoms with Crippen LogP contribution in [-0.2, 0) is 4.74 Å². The van der Waals surface area contributed by atoms with E-state index in [1.54, 1.807) is 0 Å². The molecule has 0 unspecified atom stereocenters. The number of para-hydroxylation sites is 1. The summed E-state index contributed by atoms with van der Waals surface area (Å²) in [4.78, 5) is 19.5. The van der Waals surface area contributed by atoms with E-state index in [2.05, 4.69) is 16.0 Å². The lowest BCUT2D eigenvalue weighted by atomic mass is 10.1. The quantitative estimate of drug-likeness (QED) is 0.679. The van der Waals surface area contributed by atoms with Crippen LogP contribution in [0.1, 0.15) is 21.7 Å². The summed E-state index contributed by atoms with van der Waals surface area (Å²) in [5, 5.41) is 2.20. The Kier molecular flexibility index (Phi) is 2.52. The maximum Gasteiger partial charge on any atom is 0.357 e. The molecule has 0 aliphatic carbocycles. The Hall–Kier alpha value is -2.36. The standard InChI is InChI=1S/C15H14N2O2/c1-8-13-12(9(2)16-14(8)15(18)19-3)10-6-4-5-7-11(10)17-13/h4-7,17H,1-3H3. The van der Waals surface area contributed by atoms with Gasteiger partial charge in [0.15, 0.2) is 5.69 Å². The number of pyridine rings is 1. The van der Waals surface area contributed by atoms with Crippen LogP contribution in [-0.4, -0.2) is 23.0 Å². The summed E-state index contributed by atoms with van der Waals surface area (Å²) >= 11 is 0. The van der Waals surface area contributed by atoms with E-state index in [9.17, 15) is 4.79 Å². The first-order valence-corrected chi connectivity index (χ1v) is 6.09. The molecular formula is C15H14N2O2. The van der Waals surface area contributed by atoms with Gasteiger partial charge in [-0.1, -0.05) is 18.2 Å². The van der Waals surface area contributed by atoms with Gasteiger partial charge in [0.1, 0.15) is 0 Å². The van der Waals surface area contributed by atoms with Crippen LogP contribution < -0.4 is 0 Å². The predicted molar refractivity (Wildman–Crippen MR) is 74.4 cm³/mol. The molecule has 0 bridgehead atoms. The molecule has 0 saturated carbocycles. The Morgan fingerprint density at radius 3 is 2.74 bits per heavy atom. The van der Waals surface area contributed by atoms with Crippen LogP contribution in [0, 0.1) is 13.8 Å². The lowest BCUT2D eigenvalue weighted by Crippen LogP contribution is -2.08. The van der Waals surface area contributed by atoms with Crippen LogP contribution in [0.3, 0.4) is 0 Å². The zero-order chi connectivity index (χ0) is 13.6. The van der Waals surface area contributed by atoms with Crippen LogP contribution in [0.15, 0.2) is 24.3 Å². The van der Waals surface area contributed by atoms with E-state index in [0.717, 1.165) is 33.1 Å². The van der Waals surface area contributed by atoms with Crippen molar-refractivity contribution in [1.29, 1.82) is 0 Å². The zero-order valence-electron chi connectivity index (χ0n) is 11.1. The summed E-state index contributed by atoms with van der Waals surface area (Å²) < 4.78 is 4.78. The minimum atomic E-state index is -0.402. The molecule has 0 spiro atoms. The number of rotatable bonds is 1. The number of hydrogen-bond acceptors (Lipinski definition) is 3. The summed E-state index contributed by atoms with van der Waals surface area (Å²) in [6.07, 6.45) is 0. The summed E-state index contributed by atoms with van der Waals surface area (Å²) in [7, 11) is 1.37. The first-order valence-electron chi connectivity index (χ1n) is 6.09. The third-order valence-corrected chi connectivity index (χ3v) is 3.46. The van der Waals surface area contributed by atoms with E-state index in [4.69, 9.17) is 4.74 Å². The van der Waals surface area contributed by atoms with Gasteiger partial charge < -0.3 is 9.72 Å². The van der Waals surface area contributed by atoms with Gasteiger partial charge in [-0.25, -0.2) is 9.78 Å². The van der Waals surface area contributed by atoms with Crippen molar-refractivity contribution in [1.82, 2.24) is 9.97 Å². The predicted octanol–water partition coefficient (Wildman–Crippen LogP) is 3.12. The zero-order valence-corrected chi connectivity index (χ0v) is 11.1. The van der Waals surface area contributed by atoms with Crippen molar-refractivity contribution in [2.75, 3.05) is 7.11 Å². The van der Waals surface area contributed by atoms with E-state index in [0.29, 0.717) is 5.69 Å². The van der Waals surface area contributed by atoms with Crippen LogP contribution in [0.25, 0.3) is 21.8 Å². The number of carbonyl (C=O) groups is 1. The second-order valence-corrected chi connectivity index (χ2v) is 4.58. The Morgan fingerprint density at radius 1 is 1.26 bits per heavy atom. The fraction of sp³-hybridized carbons (Fsp3) is 0.200. The van der Waals surface area contributed by atoms with E-state index >= 15 is 0 Å². The lowest BCUT2D eigenvalue weighted by Gasteiger charge is -2.06. The highest BCUT2D eigenvalue weighted by Crippen LogP contribution is 2.30. The second kappa shape index (κ2) is 4.09. The summed E-state index contributed by atoms with van der Waals surface area (Å²) in [5.74, 6) is -0.402. The summed E-state index contributed by atoms with van der Waals surface area (Å²) in [6.45, 7) is 3.80. The topological polar surface area (TPSA) is 55.0 Å². The van der Waals surface area contributed by atoms with Gasteiger partial charge in [0.05, 0.1) is 12.6 Å². The average molecular weight is 254 g/mol. The molecule has 0 fully saturated rings. The molecule has 0 aliphatic heterocycles. The van der Waals surface area contributed by atoms with E-state index < -0.39 is 5.97 Å². The molecular weight excluding hydrogens is 240 g/mol. The molecule has 3 aromatic rings. The Morgan fingerprint density at radius 2 is 2.00 bits per heavy atom. The number of aromatic nitrogens is 2. The first-order chi connectivity index (χ1) is 9.13. The molecule has 0 aliphatic rings. The molecule has 0 amide bonds. The maximum atomic E-state index is 11.7. The van der Waals surface area contributed by atoms with Gasteiger partial charge in [0.25, 0.3) is 0 Å². The molecule has 2 heterocycles. The molecule has 19 heavy (non-hydrogen) atoms. The molecule has 96 valence electrons. The van der Waals surface area contributed by atoms with Crippen LogP contribution in [0.5, 0.6) is 0 Å². The van der Waals surface area contributed by atoms with Gasteiger partial charge in [-0.2, -0.15) is 0 Å². The number of methoxy groups -OCH3 is 1. The molecule has 0 atom stereocenters. The number of H-pyrrole nitrogens is 1. The van der Waals surface area contributed by atoms with E-state index in [1.807, 2.05) is 32.0 Å². The number of benzene rings is 1. The SMILES string of the molecule is COC(=O)c1nc(C)c2c([nH]c3ccccc32)c1C. The number of aryl methyl sites for hydroxylation is 2. The number of carbonyl (C=O) groups excluding carboxylic acids is 1. The van der Waals surface area contributed by atoms with Crippen molar-refractivity contribution in [3.63, 3.8) is 0 Å². The summed E-state index contributed by atoms with van der Waals surface area (Å²) in [5.41, 5.74) is 4.03. The van der Waals surface area contributed by atoms with Crippen molar-refractivity contribution in [3.05, 3.63) is 41.2 Å². The number of ether oxygens (including phenoxy) is 1. The van der Waals surface area contributed by atoms with Crippen molar-refractivity contribution in [2.45, 2.75) is 13.8 Å². The minimum absolute atomic E-state index is 0.374. The molecule has 1 aromatic carbocycles. The molecule has 0 saturated heterocycles. The number of fused-ring (bicyclic) bond motifs is 3. The van der Waals surface area contributed by atoms with Gasteiger partial charge in [0, 0.05) is 27.5 Å². The normalized spacial score (nSPS) is 11.1. The number of hydrogen-bond donors (Lipinski definition) is 1. The van der Waals surface area contributed by atoms with E-state index in [-0.39, 0.29) is 0 Å². The van der Waals surface area contributed by atoms with Crippen LogP contribution in [0.4, 0.5) is 0 Å². The van der Waals surface area contributed by atoms with Gasteiger partial charge in [0.2, 0.25) is 0 Å². The minimum Gasteiger partial charge on any atom is -0.464 e. The fourth-order valence-electron chi connectivity index (χ4n) is 2.52. The Labute approximate surface area is 110 Å². The highest BCUT2D eigenvalue weighted by Gasteiger charge is 2.18. The molecule has 4 heteroatoms. The monoisotopic (exact) mass is 254 g/mol. The number of nitrogens with one attached hydrogen (secondary N) is 1. The van der Waals surface area contributed by atoms with Gasteiger partial charge in [-0.15, -0.1) is 0 Å². The Bertz CT molecular complexity index is 803. The molecule has 2 aromatic heterocycles. The fourth-order valence-corrected chi connectivity index (χ4v) is 2.52. The largest absolute Gasteiger partial charge is 0.464 e. The number of aromatic amines is 1. The molecule has 4 nitrogen and oxygen atoms in total. The molecule has 1 N–H and O–H groups in total. The highest BCUT2D eigenvalue weighted by atomic mass is 16.5. The van der Waals surface area contributed by atoms with Crippen molar-refractivity contribution in [3.8, 4) is 0 Å². The van der Waals surface area contributed by atoms with Crippen molar-refractivity contribution < 1.29 is 9.53 Å². The Balaban J connectivity index is 2.47. The van der Waals surface area contributed by atoms with Gasteiger partial charge in [-0.05, 0) is 19.9 Å². The smallest absolute Gasteiger partial charge is 0.357 e. The van der Waals surface area contributed by atoms with Crippen molar-refractivity contribution >= 4 is 27.8 Å². The molecule has 3 rings (SSSR count). The van der Waals surface area contributed by atoms with Crippen LogP contribution >= 0.6 is 0 Å². The van der Waals surface area contributed by atoms with Crippen molar-refractivity contribution in [2.24, 2.45) is 0 Å². The lowest BCUT2D eigenvalue weighted by molar-refractivity contribution is 0.0593. The van der Waals surface area contributed by atoms with E-state index in [1.165, 1.54) is 7.11 Å². The first kappa shape index (κ1) is 11.7. The number of esters is 1. The summed E-state index contributed by atoms with van der Waals surface area (Å²) in [6, 6.07) is 8.06. The number of nitrogens with zero attached hydrogens (tertiary/aromatic N) is 1. The van der Waals surface area contributed by atoms with Gasteiger partial charge >= 0.3 is 5.97 Å².